The highest BCUT2D eigenvalue weighted by molar-refractivity contribution is 5.83. The molecule has 0 aliphatic carbocycles. The maximum atomic E-state index is 4.84. The van der Waals surface area contributed by atoms with Crippen molar-refractivity contribution in [1.29, 1.82) is 0 Å². The molecular formula is C22H28N4. The number of nitrogens with one attached hydrogen (secondary N) is 2. The fourth-order valence-corrected chi connectivity index (χ4v) is 4.05. The summed E-state index contributed by atoms with van der Waals surface area (Å²) in [5.41, 5.74) is 6.14. The van der Waals surface area contributed by atoms with Crippen LogP contribution in [0.1, 0.15) is 29.9 Å². The molecule has 1 aromatic heterocycles. The normalized spacial score (nSPS) is 16.4. The van der Waals surface area contributed by atoms with Crippen molar-refractivity contribution in [3.63, 3.8) is 0 Å². The molecule has 0 amide bonds. The van der Waals surface area contributed by atoms with Crippen LogP contribution < -0.4 is 5.32 Å². The van der Waals surface area contributed by atoms with E-state index < -0.39 is 0 Å². The first-order valence-electron chi connectivity index (χ1n) is 9.67. The molecular weight excluding hydrogens is 320 g/mol. The van der Waals surface area contributed by atoms with Crippen LogP contribution in [0.2, 0.25) is 0 Å². The highest BCUT2D eigenvalue weighted by Crippen LogP contribution is 2.32. The van der Waals surface area contributed by atoms with Gasteiger partial charge in [-0.2, -0.15) is 0 Å². The van der Waals surface area contributed by atoms with Crippen molar-refractivity contribution in [1.82, 2.24) is 20.2 Å². The second-order valence-electron chi connectivity index (χ2n) is 7.40. The standard InChI is InChI=1S/C22H28N4/c1-16-14-19(17-8-11-26(12-9-17)13-10-23-2)15-20-21(16)25-22(24-20)18-6-4-3-5-7-18/h3-7,14-15,17,23H,8-13H2,1-2H3,(H,24,25). The smallest absolute Gasteiger partial charge is 0.138 e. The van der Waals surface area contributed by atoms with Gasteiger partial charge in [0.15, 0.2) is 0 Å². The van der Waals surface area contributed by atoms with Crippen LogP contribution in [0.4, 0.5) is 0 Å². The summed E-state index contributed by atoms with van der Waals surface area (Å²) in [4.78, 5) is 11.0. The zero-order valence-corrected chi connectivity index (χ0v) is 15.8. The number of H-pyrrole nitrogens is 1. The van der Waals surface area contributed by atoms with E-state index >= 15 is 0 Å². The Labute approximate surface area is 155 Å². The Morgan fingerprint density at radius 2 is 1.92 bits per heavy atom. The van der Waals surface area contributed by atoms with Crippen molar-refractivity contribution >= 4 is 11.0 Å². The molecule has 2 aromatic carbocycles. The van der Waals surface area contributed by atoms with Crippen molar-refractivity contribution in [2.75, 3.05) is 33.2 Å². The van der Waals surface area contributed by atoms with Crippen molar-refractivity contribution in [2.24, 2.45) is 0 Å². The van der Waals surface area contributed by atoms with Gasteiger partial charge in [-0.3, -0.25) is 0 Å². The maximum Gasteiger partial charge on any atom is 0.138 e. The maximum absolute atomic E-state index is 4.84. The fraction of sp³-hybridized carbons (Fsp3) is 0.409. The van der Waals surface area contributed by atoms with Gasteiger partial charge in [-0.1, -0.05) is 36.4 Å². The predicted octanol–water partition coefficient (Wildman–Crippen LogP) is 3.94. The quantitative estimate of drug-likeness (QED) is 0.734. The van der Waals surface area contributed by atoms with E-state index in [0.29, 0.717) is 5.92 Å². The Bertz CT molecular complexity index is 860. The number of aryl methyl sites for hydroxylation is 1. The summed E-state index contributed by atoms with van der Waals surface area (Å²) in [5.74, 6) is 1.62. The number of aromatic nitrogens is 2. The van der Waals surface area contributed by atoms with Gasteiger partial charge in [-0.25, -0.2) is 4.98 Å². The van der Waals surface area contributed by atoms with Gasteiger partial charge in [0.2, 0.25) is 0 Å². The number of piperidine rings is 1. The van der Waals surface area contributed by atoms with Crippen LogP contribution in [0.25, 0.3) is 22.4 Å². The monoisotopic (exact) mass is 348 g/mol. The fourth-order valence-electron chi connectivity index (χ4n) is 4.05. The zero-order valence-electron chi connectivity index (χ0n) is 15.8. The van der Waals surface area contributed by atoms with Gasteiger partial charge in [0.1, 0.15) is 5.82 Å². The first kappa shape index (κ1) is 17.3. The molecule has 1 aliphatic rings. The van der Waals surface area contributed by atoms with Crippen molar-refractivity contribution in [3.8, 4) is 11.4 Å². The van der Waals surface area contributed by atoms with Gasteiger partial charge in [0.25, 0.3) is 0 Å². The van der Waals surface area contributed by atoms with Gasteiger partial charge in [0.05, 0.1) is 11.0 Å². The molecule has 1 saturated heterocycles. The summed E-state index contributed by atoms with van der Waals surface area (Å²) in [6.07, 6.45) is 2.49. The lowest BCUT2D eigenvalue weighted by Gasteiger charge is -2.32. The highest BCUT2D eigenvalue weighted by atomic mass is 15.1. The Hall–Kier alpha value is -2.17. The molecule has 0 bridgehead atoms. The molecule has 0 saturated carbocycles. The number of nitrogens with zero attached hydrogens (tertiary/aromatic N) is 2. The van der Waals surface area contributed by atoms with Gasteiger partial charge >= 0.3 is 0 Å². The second-order valence-corrected chi connectivity index (χ2v) is 7.40. The number of likely N-dealkylation sites (N-methyl/N-ethyl adjacent to an activating group) is 1. The minimum Gasteiger partial charge on any atom is -0.338 e. The molecule has 4 rings (SSSR count). The van der Waals surface area contributed by atoms with E-state index in [1.54, 1.807) is 0 Å². The number of hydrogen-bond donors (Lipinski definition) is 2. The largest absolute Gasteiger partial charge is 0.338 e. The average Bonchev–Trinajstić information content (AvgIpc) is 3.12. The van der Waals surface area contributed by atoms with E-state index in [9.17, 15) is 0 Å². The minimum atomic E-state index is 0.660. The third-order valence-corrected chi connectivity index (χ3v) is 5.58. The third kappa shape index (κ3) is 3.53. The summed E-state index contributed by atoms with van der Waals surface area (Å²) in [5, 5.41) is 3.25. The van der Waals surface area contributed by atoms with E-state index in [1.807, 2.05) is 13.1 Å². The predicted molar refractivity (Wildman–Crippen MR) is 109 cm³/mol. The van der Waals surface area contributed by atoms with E-state index in [-0.39, 0.29) is 0 Å². The lowest BCUT2D eigenvalue weighted by atomic mass is 9.88. The van der Waals surface area contributed by atoms with Crippen LogP contribution in [0, 0.1) is 6.92 Å². The number of hydrogen-bond acceptors (Lipinski definition) is 3. The molecule has 136 valence electrons. The molecule has 0 atom stereocenters. The number of likely N-dealkylation sites (tertiary alicyclic amines) is 1. The first-order valence-corrected chi connectivity index (χ1v) is 9.67. The Balaban J connectivity index is 1.56. The molecule has 1 fully saturated rings. The minimum absolute atomic E-state index is 0.660. The number of benzene rings is 2. The molecule has 0 unspecified atom stereocenters. The number of fused-ring (bicyclic) bond motifs is 1. The highest BCUT2D eigenvalue weighted by Gasteiger charge is 2.21. The Morgan fingerprint density at radius 3 is 2.65 bits per heavy atom. The number of aromatic amines is 1. The summed E-state index contributed by atoms with van der Waals surface area (Å²) >= 11 is 0. The third-order valence-electron chi connectivity index (χ3n) is 5.58. The number of imidazole rings is 1. The van der Waals surface area contributed by atoms with Gasteiger partial charge in [-0.05, 0) is 63.0 Å². The Morgan fingerprint density at radius 1 is 1.15 bits per heavy atom. The van der Waals surface area contributed by atoms with Crippen molar-refractivity contribution in [2.45, 2.75) is 25.7 Å². The van der Waals surface area contributed by atoms with E-state index in [0.717, 1.165) is 35.5 Å². The van der Waals surface area contributed by atoms with Crippen LogP contribution in [-0.4, -0.2) is 48.1 Å². The van der Waals surface area contributed by atoms with Gasteiger partial charge < -0.3 is 15.2 Å². The van der Waals surface area contributed by atoms with Crippen molar-refractivity contribution in [3.05, 3.63) is 53.6 Å². The zero-order chi connectivity index (χ0) is 17.9. The molecule has 2 N–H and O–H groups in total. The van der Waals surface area contributed by atoms with Crippen LogP contribution in [0.15, 0.2) is 42.5 Å². The molecule has 4 heteroatoms. The van der Waals surface area contributed by atoms with Gasteiger partial charge in [0, 0.05) is 18.7 Å². The topological polar surface area (TPSA) is 44.0 Å². The molecule has 0 spiro atoms. The summed E-state index contributed by atoms with van der Waals surface area (Å²) in [6.45, 7) is 6.81. The lowest BCUT2D eigenvalue weighted by molar-refractivity contribution is 0.214. The summed E-state index contributed by atoms with van der Waals surface area (Å²) < 4.78 is 0. The molecule has 0 radical (unpaired) electrons. The summed E-state index contributed by atoms with van der Waals surface area (Å²) in [6, 6.07) is 15.1. The van der Waals surface area contributed by atoms with E-state index in [1.165, 1.54) is 37.1 Å². The summed E-state index contributed by atoms with van der Waals surface area (Å²) in [7, 11) is 2.03. The molecule has 2 heterocycles. The van der Waals surface area contributed by atoms with E-state index in [2.05, 4.69) is 58.5 Å². The van der Waals surface area contributed by atoms with E-state index in [4.69, 9.17) is 4.98 Å². The second kappa shape index (κ2) is 7.60. The average molecular weight is 348 g/mol. The number of rotatable bonds is 5. The van der Waals surface area contributed by atoms with Crippen molar-refractivity contribution < 1.29 is 0 Å². The molecule has 1 aliphatic heterocycles. The lowest BCUT2D eigenvalue weighted by Crippen LogP contribution is -2.37. The molecule has 26 heavy (non-hydrogen) atoms. The molecule has 4 nitrogen and oxygen atoms in total. The first-order chi connectivity index (χ1) is 12.7. The van der Waals surface area contributed by atoms with Crippen LogP contribution in [0.5, 0.6) is 0 Å². The Kier molecular flexibility index (Phi) is 5.05. The SMILES string of the molecule is CNCCN1CCC(c2cc(C)c3nc(-c4ccccc4)[nH]c3c2)CC1. The molecule has 3 aromatic rings. The van der Waals surface area contributed by atoms with Gasteiger partial charge in [-0.15, -0.1) is 0 Å². The van der Waals surface area contributed by atoms with Crippen LogP contribution in [0.3, 0.4) is 0 Å². The van der Waals surface area contributed by atoms with Crippen LogP contribution >= 0.6 is 0 Å². The van der Waals surface area contributed by atoms with Crippen LogP contribution in [-0.2, 0) is 0 Å².